The highest BCUT2D eigenvalue weighted by molar-refractivity contribution is 9.10. The van der Waals surface area contributed by atoms with Gasteiger partial charge in [-0.15, -0.1) is 0 Å². The molecule has 4 nitrogen and oxygen atoms in total. The minimum Gasteiger partial charge on any atom is -0.493 e. The van der Waals surface area contributed by atoms with E-state index in [0.717, 1.165) is 10.2 Å². The maximum atomic E-state index is 11.7. The van der Waals surface area contributed by atoms with Crippen LogP contribution in [0.15, 0.2) is 28.7 Å². The monoisotopic (exact) mass is 343 g/mol. The summed E-state index contributed by atoms with van der Waals surface area (Å²) in [6, 6.07) is 7.52. The Hall–Kier alpha value is -1.07. The summed E-state index contributed by atoms with van der Waals surface area (Å²) in [5.74, 6) is 0.707. The third-order valence-electron chi connectivity index (χ3n) is 2.95. The molecule has 5 heteroatoms. The summed E-state index contributed by atoms with van der Waals surface area (Å²) < 4.78 is 6.46. The molecule has 0 aliphatic carbocycles. The van der Waals surface area contributed by atoms with E-state index >= 15 is 0 Å². The summed E-state index contributed by atoms with van der Waals surface area (Å²) in [6.45, 7) is 5.07. The zero-order valence-electron chi connectivity index (χ0n) is 12.0. The molecule has 0 saturated heterocycles. The van der Waals surface area contributed by atoms with Gasteiger partial charge in [0, 0.05) is 17.6 Å². The van der Waals surface area contributed by atoms with Crippen LogP contribution in [0.1, 0.15) is 26.7 Å². The second-order valence-electron chi connectivity index (χ2n) is 5.47. The lowest BCUT2D eigenvalue weighted by atomic mass is 9.90. The van der Waals surface area contributed by atoms with E-state index < -0.39 is 0 Å². The third kappa shape index (κ3) is 6.91. The van der Waals surface area contributed by atoms with Crippen molar-refractivity contribution >= 4 is 21.8 Å². The van der Waals surface area contributed by atoms with Crippen LogP contribution in [-0.2, 0) is 4.79 Å². The van der Waals surface area contributed by atoms with Gasteiger partial charge in [-0.3, -0.25) is 4.79 Å². The smallest absolute Gasteiger partial charge is 0.223 e. The molecule has 0 spiro atoms. The molecule has 0 radical (unpaired) electrons. The lowest BCUT2D eigenvalue weighted by Gasteiger charge is -2.23. The Morgan fingerprint density at radius 3 is 2.85 bits per heavy atom. The molecule has 2 N–H and O–H groups in total. The summed E-state index contributed by atoms with van der Waals surface area (Å²) >= 11 is 3.36. The molecule has 0 unspecified atom stereocenters. The number of aliphatic hydroxyl groups is 1. The maximum Gasteiger partial charge on any atom is 0.223 e. The lowest BCUT2D eigenvalue weighted by Crippen LogP contribution is -2.35. The Bertz CT molecular complexity index is 435. The van der Waals surface area contributed by atoms with E-state index in [0.29, 0.717) is 26.0 Å². The molecule has 0 aliphatic heterocycles. The number of benzene rings is 1. The summed E-state index contributed by atoms with van der Waals surface area (Å²) in [6.07, 6.45) is 0.990. The van der Waals surface area contributed by atoms with E-state index in [4.69, 9.17) is 9.84 Å². The van der Waals surface area contributed by atoms with Crippen molar-refractivity contribution in [3.05, 3.63) is 28.7 Å². The van der Waals surface area contributed by atoms with Gasteiger partial charge < -0.3 is 15.2 Å². The first-order valence-corrected chi connectivity index (χ1v) is 7.48. The molecular weight excluding hydrogens is 322 g/mol. The van der Waals surface area contributed by atoms with Crippen molar-refractivity contribution in [1.29, 1.82) is 0 Å². The third-order valence-corrected chi connectivity index (χ3v) is 3.44. The molecule has 1 amide bonds. The minimum absolute atomic E-state index is 0.0361. The Morgan fingerprint density at radius 1 is 1.45 bits per heavy atom. The van der Waals surface area contributed by atoms with E-state index in [1.807, 2.05) is 38.1 Å². The predicted molar refractivity (Wildman–Crippen MR) is 82.7 cm³/mol. The van der Waals surface area contributed by atoms with Crippen LogP contribution in [0.2, 0.25) is 0 Å². The summed E-state index contributed by atoms with van der Waals surface area (Å²) in [7, 11) is 0. The fourth-order valence-electron chi connectivity index (χ4n) is 1.64. The molecule has 0 atom stereocenters. The molecule has 1 rings (SSSR count). The molecule has 112 valence electrons. The normalized spacial score (nSPS) is 11.2. The second kappa shape index (κ2) is 8.27. The lowest BCUT2D eigenvalue weighted by molar-refractivity contribution is -0.122. The van der Waals surface area contributed by atoms with Crippen molar-refractivity contribution < 1.29 is 14.6 Å². The first kappa shape index (κ1) is 17.0. The number of amides is 1. The van der Waals surface area contributed by atoms with Gasteiger partial charge in [-0.2, -0.15) is 0 Å². The Balaban J connectivity index is 2.23. The average Bonchev–Trinajstić information content (AvgIpc) is 2.37. The van der Waals surface area contributed by atoms with Crippen LogP contribution in [0.4, 0.5) is 0 Å². The molecule has 0 saturated carbocycles. The van der Waals surface area contributed by atoms with Crippen molar-refractivity contribution in [2.75, 3.05) is 19.8 Å². The van der Waals surface area contributed by atoms with Gasteiger partial charge in [0.05, 0.1) is 13.0 Å². The highest BCUT2D eigenvalue weighted by Gasteiger charge is 2.17. The van der Waals surface area contributed by atoms with Crippen LogP contribution in [0.3, 0.4) is 0 Å². The Kier molecular flexibility index (Phi) is 7.02. The quantitative estimate of drug-likeness (QED) is 0.762. The van der Waals surface area contributed by atoms with Crippen LogP contribution >= 0.6 is 15.9 Å². The zero-order chi connectivity index (χ0) is 15.0. The number of carbonyl (C=O) groups excluding carboxylic acids is 1. The fraction of sp³-hybridized carbons (Fsp3) is 0.533. The zero-order valence-corrected chi connectivity index (χ0v) is 13.6. The van der Waals surface area contributed by atoms with E-state index in [2.05, 4.69) is 21.2 Å². The Labute approximate surface area is 128 Å². The van der Waals surface area contributed by atoms with E-state index in [1.54, 1.807) is 0 Å². The van der Waals surface area contributed by atoms with Crippen molar-refractivity contribution in [3.63, 3.8) is 0 Å². The number of rotatable bonds is 8. The molecule has 0 heterocycles. The minimum atomic E-state index is -0.0877. The first-order valence-electron chi connectivity index (χ1n) is 6.69. The van der Waals surface area contributed by atoms with Gasteiger partial charge in [0.1, 0.15) is 5.75 Å². The molecule has 0 fully saturated rings. The highest BCUT2D eigenvalue weighted by atomic mass is 79.9. The van der Waals surface area contributed by atoms with Crippen LogP contribution in [0, 0.1) is 5.41 Å². The number of carbonyl (C=O) groups is 1. The van der Waals surface area contributed by atoms with Gasteiger partial charge >= 0.3 is 0 Å². The SMILES string of the molecule is CC(C)(CCO)CNC(=O)CCOc1cccc(Br)c1. The standard InChI is InChI=1S/C15H22BrNO3/c1-15(2,7-8-18)11-17-14(19)6-9-20-13-5-3-4-12(16)10-13/h3-5,10,18H,6-9,11H2,1-2H3,(H,17,19). The number of aliphatic hydroxyl groups excluding tert-OH is 1. The fourth-order valence-corrected chi connectivity index (χ4v) is 2.01. The van der Waals surface area contributed by atoms with Crippen LogP contribution < -0.4 is 10.1 Å². The average molecular weight is 344 g/mol. The molecule has 1 aromatic carbocycles. The topological polar surface area (TPSA) is 58.6 Å². The molecule has 20 heavy (non-hydrogen) atoms. The maximum absolute atomic E-state index is 11.7. The van der Waals surface area contributed by atoms with Crippen LogP contribution in [0.5, 0.6) is 5.75 Å². The van der Waals surface area contributed by atoms with Gasteiger partial charge in [-0.05, 0) is 30.0 Å². The largest absolute Gasteiger partial charge is 0.493 e. The van der Waals surface area contributed by atoms with Gasteiger partial charge in [0.15, 0.2) is 0 Å². The van der Waals surface area contributed by atoms with E-state index in [9.17, 15) is 4.79 Å². The number of ether oxygens (including phenoxy) is 1. The predicted octanol–water partition coefficient (Wildman–Crippen LogP) is 2.74. The second-order valence-corrected chi connectivity index (χ2v) is 6.39. The van der Waals surface area contributed by atoms with Gasteiger partial charge in [0.2, 0.25) is 5.91 Å². The number of hydrogen-bond donors (Lipinski definition) is 2. The van der Waals surface area contributed by atoms with E-state index in [1.165, 1.54) is 0 Å². The van der Waals surface area contributed by atoms with Crippen molar-refractivity contribution in [3.8, 4) is 5.75 Å². The Morgan fingerprint density at radius 2 is 2.20 bits per heavy atom. The van der Waals surface area contributed by atoms with Crippen LogP contribution in [-0.4, -0.2) is 30.8 Å². The van der Waals surface area contributed by atoms with Crippen LogP contribution in [0.25, 0.3) is 0 Å². The highest BCUT2D eigenvalue weighted by Crippen LogP contribution is 2.19. The molecule has 0 aliphatic rings. The van der Waals surface area contributed by atoms with Crippen molar-refractivity contribution in [2.45, 2.75) is 26.7 Å². The van der Waals surface area contributed by atoms with E-state index in [-0.39, 0.29) is 17.9 Å². The summed E-state index contributed by atoms with van der Waals surface area (Å²) in [5, 5.41) is 11.8. The first-order chi connectivity index (χ1) is 9.43. The van der Waals surface area contributed by atoms with Gasteiger partial charge in [-0.25, -0.2) is 0 Å². The van der Waals surface area contributed by atoms with Gasteiger partial charge in [0.25, 0.3) is 0 Å². The number of hydrogen-bond acceptors (Lipinski definition) is 3. The van der Waals surface area contributed by atoms with Crippen molar-refractivity contribution in [2.24, 2.45) is 5.41 Å². The number of nitrogens with one attached hydrogen (secondary N) is 1. The summed E-state index contributed by atoms with van der Waals surface area (Å²) in [4.78, 5) is 11.7. The summed E-state index contributed by atoms with van der Waals surface area (Å²) in [5.41, 5.74) is -0.0877. The molecule has 0 bridgehead atoms. The van der Waals surface area contributed by atoms with Gasteiger partial charge in [-0.1, -0.05) is 35.8 Å². The molecular formula is C15H22BrNO3. The number of halogens is 1. The van der Waals surface area contributed by atoms with Crippen molar-refractivity contribution in [1.82, 2.24) is 5.32 Å². The molecule has 1 aromatic rings. The molecule has 0 aromatic heterocycles.